The minimum absolute atomic E-state index is 0.0111. The number of alkyl halides is 6. The highest BCUT2D eigenvalue weighted by molar-refractivity contribution is 8.05. The summed E-state index contributed by atoms with van der Waals surface area (Å²) < 4.78 is 98.5. The number of aromatic nitrogens is 2. The van der Waals surface area contributed by atoms with Gasteiger partial charge in [-0.05, 0) is 63.8 Å². The van der Waals surface area contributed by atoms with Gasteiger partial charge in [0.2, 0.25) is 11.8 Å². The molecule has 1 aliphatic heterocycles. The predicted octanol–water partition coefficient (Wildman–Crippen LogP) is 8.53. The number of thiophene rings is 1. The molecule has 3 heterocycles. The number of methoxy groups -OCH3 is 1. The first-order chi connectivity index (χ1) is 25.8. The molecule has 3 amide bonds. The largest absolute Gasteiger partial charge is 0.435 e. The van der Waals surface area contributed by atoms with Gasteiger partial charge in [0, 0.05) is 45.2 Å². The summed E-state index contributed by atoms with van der Waals surface area (Å²) in [6, 6.07) is 4.71. The Morgan fingerprint density at radius 3 is 2.23 bits per heavy atom. The van der Waals surface area contributed by atoms with E-state index in [0.29, 0.717) is 27.0 Å². The van der Waals surface area contributed by atoms with Crippen molar-refractivity contribution in [3.05, 3.63) is 55.3 Å². The van der Waals surface area contributed by atoms with E-state index in [1.165, 1.54) is 18.7 Å². The van der Waals surface area contributed by atoms with Gasteiger partial charge in [-0.3, -0.25) is 4.79 Å². The molecule has 2 aromatic heterocycles. The summed E-state index contributed by atoms with van der Waals surface area (Å²) in [7, 11) is 1.52. The number of urea groups is 1. The quantitative estimate of drug-likeness (QED) is 0.158. The Morgan fingerprint density at radius 1 is 1.16 bits per heavy atom. The minimum atomic E-state index is -5.06. The topological polar surface area (TPSA) is 145 Å². The number of halogens is 8. The van der Waals surface area contributed by atoms with Gasteiger partial charge < -0.3 is 29.4 Å². The molecule has 0 bridgehead atoms. The summed E-state index contributed by atoms with van der Waals surface area (Å²) in [6.07, 6.45) is -5.22. The third-order valence-electron chi connectivity index (χ3n) is 7.39. The second-order valence-electron chi connectivity index (χ2n) is 12.9. The van der Waals surface area contributed by atoms with Crippen LogP contribution in [0.2, 0.25) is 10.0 Å². The van der Waals surface area contributed by atoms with Crippen LogP contribution in [-0.2, 0) is 43.2 Å². The molecule has 23 heteroatoms. The van der Waals surface area contributed by atoms with Gasteiger partial charge >= 0.3 is 18.8 Å². The SMILES string of the molecule is CN(C)C(=O)Nc1ccc(Cl)c(Cl)c1.COCC(C)N(C(=O)CCl)c1c(C)csc1C.Cn1nc(C(F)(F)F)c(CS(=O)(=O)C2=NOC(C)(C)C2)c1OC(F)F. The summed E-state index contributed by atoms with van der Waals surface area (Å²) >= 11 is 18.8. The summed E-state index contributed by atoms with van der Waals surface area (Å²) in [5.41, 5.74) is -0.861. The van der Waals surface area contributed by atoms with Gasteiger partial charge in [0.1, 0.15) is 11.5 Å². The maximum Gasteiger partial charge on any atom is 0.435 e. The van der Waals surface area contributed by atoms with Crippen LogP contribution in [0.4, 0.5) is 38.1 Å². The van der Waals surface area contributed by atoms with Gasteiger partial charge in [-0.15, -0.1) is 22.9 Å². The van der Waals surface area contributed by atoms with Crippen molar-refractivity contribution in [2.24, 2.45) is 12.2 Å². The van der Waals surface area contributed by atoms with E-state index in [9.17, 15) is 40.0 Å². The van der Waals surface area contributed by atoms with Gasteiger partial charge in [-0.2, -0.15) is 27.1 Å². The normalized spacial score (nSPS) is 14.1. The number of benzene rings is 1. The van der Waals surface area contributed by atoms with Gasteiger partial charge in [0.05, 0.1) is 39.7 Å². The molecule has 3 aromatic rings. The number of nitrogens with zero attached hydrogens (tertiary/aromatic N) is 5. The standard InChI is InChI=1S/C12H18ClNO2S.C12H14F5N3O4S.C9H10Cl2N2O/c1-8-7-17-10(3)12(8)14(11(15)5-13)9(2)6-16-4;1-11(2)4-7(19-24-11)25(21,22)5-6-8(12(15,16)17)18-20(3)9(6)23-10(13)14;1-13(2)9(14)12-6-3-4-7(10)8(11)5-6/h7,9H,5-6H2,1-4H3;10H,4-5H2,1-3H3;3-5H,1-2H3,(H,12,14). The van der Waals surface area contributed by atoms with Crippen LogP contribution in [0.15, 0.2) is 28.7 Å². The summed E-state index contributed by atoms with van der Waals surface area (Å²) in [4.78, 5) is 32.4. The number of aryl methyl sites for hydroxylation is 3. The number of amides is 3. The molecule has 1 aromatic carbocycles. The molecule has 13 nitrogen and oxygen atoms in total. The minimum Gasteiger partial charge on any atom is -0.417 e. The number of oxime groups is 1. The number of sulfone groups is 1. The fraction of sp³-hybridized carbons (Fsp3) is 0.515. The third-order valence-corrected chi connectivity index (χ3v) is 11.0. The Bertz CT molecular complexity index is 1960. The average molecular weight is 900 g/mol. The Kier molecular flexibility index (Phi) is 17.7. The van der Waals surface area contributed by atoms with Crippen LogP contribution in [0.25, 0.3) is 0 Å². The van der Waals surface area contributed by atoms with Crippen molar-refractivity contribution in [1.29, 1.82) is 0 Å². The lowest BCUT2D eigenvalue weighted by Gasteiger charge is -2.29. The van der Waals surface area contributed by atoms with Crippen molar-refractivity contribution < 1.29 is 54.3 Å². The van der Waals surface area contributed by atoms with E-state index in [2.05, 4.69) is 25.7 Å². The number of carbonyl (C=O) groups excluding carboxylic acids is 2. The Balaban J connectivity index is 0.000000306. The number of nitrogens with one attached hydrogen (secondary N) is 1. The zero-order chi connectivity index (χ0) is 42.9. The second kappa shape index (κ2) is 20.3. The molecule has 0 fully saturated rings. The number of anilines is 2. The molecule has 1 unspecified atom stereocenters. The number of carbonyl (C=O) groups is 2. The second-order valence-corrected chi connectivity index (χ2v) is 17.0. The van der Waals surface area contributed by atoms with Crippen molar-refractivity contribution in [3.63, 3.8) is 0 Å². The fourth-order valence-electron chi connectivity index (χ4n) is 4.89. The van der Waals surface area contributed by atoms with E-state index in [-0.39, 0.29) is 30.3 Å². The summed E-state index contributed by atoms with van der Waals surface area (Å²) in [5, 5.41) is 11.6. The van der Waals surface area contributed by atoms with Crippen LogP contribution in [0.1, 0.15) is 48.9 Å². The zero-order valence-corrected chi connectivity index (χ0v) is 35.6. The molecule has 1 aliphatic rings. The highest BCUT2D eigenvalue weighted by Gasteiger charge is 2.43. The first-order valence-electron chi connectivity index (χ1n) is 16.2. The molecule has 0 saturated heterocycles. The lowest BCUT2D eigenvalue weighted by atomic mass is 10.1. The molecule has 0 spiro atoms. The van der Waals surface area contributed by atoms with E-state index in [1.807, 2.05) is 20.8 Å². The maximum atomic E-state index is 13.1. The monoisotopic (exact) mass is 898 g/mol. The number of hydrogen-bond acceptors (Lipinski definition) is 10. The predicted molar refractivity (Wildman–Crippen MR) is 207 cm³/mol. The average Bonchev–Trinajstić information content (AvgIpc) is 3.73. The Hall–Kier alpha value is -3.43. The van der Waals surface area contributed by atoms with Gasteiger partial charge in [-0.25, -0.2) is 17.9 Å². The molecular formula is C33H42Cl3F5N6O7S2. The molecule has 314 valence electrons. The highest BCUT2D eigenvalue weighted by atomic mass is 35.5. The van der Waals surface area contributed by atoms with Crippen molar-refractivity contribution >= 4 is 84.3 Å². The van der Waals surface area contributed by atoms with Gasteiger partial charge in [-0.1, -0.05) is 28.4 Å². The molecule has 4 rings (SSSR count). The van der Waals surface area contributed by atoms with Crippen molar-refractivity contribution in [2.45, 2.75) is 71.2 Å². The lowest BCUT2D eigenvalue weighted by molar-refractivity contribution is -0.142. The van der Waals surface area contributed by atoms with Crippen LogP contribution in [0.5, 0.6) is 5.88 Å². The number of ether oxygens (including phenoxy) is 2. The van der Waals surface area contributed by atoms with E-state index < -0.39 is 56.2 Å². The first-order valence-corrected chi connectivity index (χ1v) is 20.0. The molecular weight excluding hydrogens is 858 g/mol. The van der Waals surface area contributed by atoms with Crippen molar-refractivity contribution in [3.8, 4) is 5.88 Å². The number of rotatable bonds is 10. The summed E-state index contributed by atoms with van der Waals surface area (Å²) in [6.45, 7) is 6.10. The Morgan fingerprint density at radius 2 is 1.79 bits per heavy atom. The molecule has 0 radical (unpaired) electrons. The zero-order valence-electron chi connectivity index (χ0n) is 31.7. The van der Waals surface area contributed by atoms with Crippen LogP contribution in [0, 0.1) is 13.8 Å². The van der Waals surface area contributed by atoms with E-state index >= 15 is 0 Å². The van der Waals surface area contributed by atoms with E-state index in [4.69, 9.17) is 44.4 Å². The molecule has 0 saturated carbocycles. The van der Waals surface area contributed by atoms with E-state index in [1.54, 1.807) is 55.6 Å². The number of hydrogen-bond donors (Lipinski definition) is 1. The molecule has 0 aliphatic carbocycles. The van der Waals surface area contributed by atoms with Crippen LogP contribution in [0.3, 0.4) is 0 Å². The van der Waals surface area contributed by atoms with Crippen molar-refractivity contribution in [1.82, 2.24) is 14.7 Å². The first kappa shape index (κ1) is 48.7. The smallest absolute Gasteiger partial charge is 0.417 e. The summed E-state index contributed by atoms with van der Waals surface area (Å²) in [5.74, 6) is -2.33. The maximum absolute atomic E-state index is 13.1. The van der Waals surface area contributed by atoms with Crippen LogP contribution in [-0.4, -0.2) is 92.0 Å². The fourth-order valence-corrected chi connectivity index (χ4v) is 7.68. The van der Waals surface area contributed by atoms with Gasteiger partial charge in [0.15, 0.2) is 20.6 Å². The molecule has 1 atom stereocenters. The van der Waals surface area contributed by atoms with E-state index in [0.717, 1.165) is 23.2 Å². The lowest BCUT2D eigenvalue weighted by Crippen LogP contribution is -2.42. The third kappa shape index (κ3) is 13.6. The highest BCUT2D eigenvalue weighted by Crippen LogP contribution is 2.38. The van der Waals surface area contributed by atoms with Crippen molar-refractivity contribution in [2.75, 3.05) is 43.9 Å². The Labute approximate surface area is 340 Å². The van der Waals surface area contributed by atoms with Gasteiger partial charge in [0.25, 0.3) is 0 Å². The molecule has 56 heavy (non-hydrogen) atoms. The molecule has 1 N–H and O–H groups in total. The van der Waals surface area contributed by atoms with Crippen LogP contribution < -0.4 is 15.0 Å². The van der Waals surface area contributed by atoms with Crippen LogP contribution >= 0.6 is 46.1 Å².